The number of carbonyl (C=O) groups excluding carboxylic acids is 1. The number of anilines is 3. The molecule has 0 spiro atoms. The Hall–Kier alpha value is -2.80. The number of halogens is 1. The average Bonchev–Trinajstić information content (AvgIpc) is 2.96. The van der Waals surface area contributed by atoms with Crippen LogP contribution in [0.5, 0.6) is 0 Å². The van der Waals surface area contributed by atoms with Crippen molar-refractivity contribution in [2.45, 2.75) is 13.3 Å². The van der Waals surface area contributed by atoms with Crippen LogP contribution in [0.4, 0.5) is 21.0 Å². The summed E-state index contributed by atoms with van der Waals surface area (Å²) in [5.74, 6) is 0.173. The van der Waals surface area contributed by atoms with E-state index in [1.807, 2.05) is 30.5 Å². The van der Waals surface area contributed by atoms with Gasteiger partial charge in [-0.25, -0.2) is 14.4 Å². The molecule has 0 fully saturated rings. The zero-order chi connectivity index (χ0) is 16.9. The Bertz CT molecular complexity index is 848. The summed E-state index contributed by atoms with van der Waals surface area (Å²) in [5.41, 5.74) is 2.13. The number of carbonyl (C=O) groups is 1. The van der Waals surface area contributed by atoms with E-state index in [2.05, 4.69) is 20.6 Å². The number of amides is 1. The smallest absolute Gasteiger partial charge is 0.230 e. The predicted octanol–water partition coefficient (Wildman–Crippen LogP) is 3.91. The first kappa shape index (κ1) is 16.1. The number of rotatable bonds is 5. The lowest BCUT2D eigenvalue weighted by Crippen LogP contribution is -2.14. The fourth-order valence-electron chi connectivity index (χ4n) is 2.07. The first-order valence-corrected chi connectivity index (χ1v) is 8.17. The minimum atomic E-state index is -0.340. The molecule has 0 radical (unpaired) electrons. The van der Waals surface area contributed by atoms with Crippen LogP contribution in [0.25, 0.3) is 0 Å². The molecule has 122 valence electrons. The highest BCUT2D eigenvalue weighted by Gasteiger charge is 2.09. The van der Waals surface area contributed by atoms with Crippen molar-refractivity contribution in [3.8, 4) is 0 Å². The Morgan fingerprint density at radius 3 is 2.71 bits per heavy atom. The van der Waals surface area contributed by atoms with Crippen molar-refractivity contribution < 1.29 is 9.18 Å². The standard InChI is InChI=1S/C17H15FN4OS/c1-11-3-2-4-15(19-11)22-17-21-14(10-24-17)9-16(23)20-13-7-5-12(18)6-8-13/h2-8,10H,9H2,1H3,(H,20,23)(H,19,21,22). The van der Waals surface area contributed by atoms with E-state index in [4.69, 9.17) is 0 Å². The van der Waals surface area contributed by atoms with Gasteiger partial charge in [0.05, 0.1) is 12.1 Å². The largest absolute Gasteiger partial charge is 0.326 e. The van der Waals surface area contributed by atoms with Crippen molar-refractivity contribution in [3.05, 3.63) is 65.0 Å². The molecule has 0 saturated heterocycles. The van der Waals surface area contributed by atoms with E-state index in [9.17, 15) is 9.18 Å². The Kier molecular flexibility index (Phi) is 4.81. The van der Waals surface area contributed by atoms with Crippen molar-refractivity contribution in [1.82, 2.24) is 9.97 Å². The van der Waals surface area contributed by atoms with E-state index in [1.165, 1.54) is 35.6 Å². The number of nitrogens with zero attached hydrogens (tertiary/aromatic N) is 2. The molecule has 2 aromatic heterocycles. The number of aromatic nitrogens is 2. The molecular formula is C17H15FN4OS. The molecular weight excluding hydrogens is 327 g/mol. The van der Waals surface area contributed by atoms with E-state index in [1.54, 1.807) is 0 Å². The summed E-state index contributed by atoms with van der Waals surface area (Å²) in [6.45, 7) is 1.91. The van der Waals surface area contributed by atoms with Gasteiger partial charge < -0.3 is 10.6 Å². The predicted molar refractivity (Wildman–Crippen MR) is 93.1 cm³/mol. The molecule has 0 atom stereocenters. The highest BCUT2D eigenvalue weighted by atomic mass is 32.1. The van der Waals surface area contributed by atoms with Crippen LogP contribution in [0.3, 0.4) is 0 Å². The van der Waals surface area contributed by atoms with E-state index in [0.717, 1.165) is 5.69 Å². The molecule has 3 aromatic rings. The molecule has 7 heteroatoms. The minimum absolute atomic E-state index is 0.150. The first-order chi connectivity index (χ1) is 11.6. The zero-order valence-electron chi connectivity index (χ0n) is 12.9. The number of hydrogen-bond donors (Lipinski definition) is 2. The summed E-state index contributed by atoms with van der Waals surface area (Å²) >= 11 is 1.41. The van der Waals surface area contributed by atoms with Crippen LogP contribution in [0.1, 0.15) is 11.4 Å². The summed E-state index contributed by atoms with van der Waals surface area (Å²) in [7, 11) is 0. The maximum Gasteiger partial charge on any atom is 0.230 e. The van der Waals surface area contributed by atoms with Crippen LogP contribution >= 0.6 is 11.3 Å². The Morgan fingerprint density at radius 2 is 1.96 bits per heavy atom. The molecule has 0 aliphatic heterocycles. The van der Waals surface area contributed by atoms with E-state index < -0.39 is 0 Å². The Labute approximate surface area is 142 Å². The van der Waals surface area contributed by atoms with Crippen molar-refractivity contribution in [2.75, 3.05) is 10.6 Å². The van der Waals surface area contributed by atoms with Gasteiger partial charge in [-0.15, -0.1) is 11.3 Å². The lowest BCUT2D eigenvalue weighted by Gasteiger charge is -2.04. The molecule has 2 heterocycles. The molecule has 3 rings (SSSR count). The van der Waals surface area contributed by atoms with Gasteiger partial charge in [-0.3, -0.25) is 4.79 Å². The van der Waals surface area contributed by atoms with Crippen molar-refractivity contribution in [3.63, 3.8) is 0 Å². The third kappa shape index (κ3) is 4.36. The first-order valence-electron chi connectivity index (χ1n) is 7.29. The van der Waals surface area contributed by atoms with Crippen molar-refractivity contribution in [2.24, 2.45) is 0 Å². The fraction of sp³-hybridized carbons (Fsp3) is 0.118. The molecule has 1 aromatic carbocycles. The highest BCUT2D eigenvalue weighted by molar-refractivity contribution is 7.13. The van der Waals surface area contributed by atoms with Gasteiger partial charge in [0.15, 0.2) is 5.13 Å². The SMILES string of the molecule is Cc1cccc(Nc2nc(CC(=O)Nc3ccc(F)cc3)cs2)n1. The number of benzene rings is 1. The maximum atomic E-state index is 12.8. The van der Waals surface area contributed by atoms with E-state index in [-0.39, 0.29) is 18.1 Å². The minimum Gasteiger partial charge on any atom is -0.326 e. The highest BCUT2D eigenvalue weighted by Crippen LogP contribution is 2.20. The third-order valence-electron chi connectivity index (χ3n) is 3.14. The van der Waals surface area contributed by atoms with Gasteiger partial charge in [0.25, 0.3) is 0 Å². The summed E-state index contributed by atoms with van der Waals surface area (Å²) in [6.07, 6.45) is 0.150. The number of aryl methyl sites for hydroxylation is 1. The number of thiazole rings is 1. The fourth-order valence-corrected chi connectivity index (χ4v) is 2.79. The molecule has 1 amide bonds. The van der Waals surface area contributed by atoms with Gasteiger partial charge in [-0.05, 0) is 43.3 Å². The lowest BCUT2D eigenvalue weighted by atomic mass is 10.3. The van der Waals surface area contributed by atoms with Gasteiger partial charge in [-0.2, -0.15) is 0 Å². The van der Waals surface area contributed by atoms with Crippen LogP contribution in [-0.2, 0) is 11.2 Å². The third-order valence-corrected chi connectivity index (χ3v) is 3.95. The normalized spacial score (nSPS) is 10.4. The maximum absolute atomic E-state index is 12.8. The molecule has 0 saturated carbocycles. The summed E-state index contributed by atoms with van der Waals surface area (Å²) in [4.78, 5) is 20.7. The van der Waals surface area contributed by atoms with E-state index in [0.29, 0.717) is 22.3 Å². The lowest BCUT2D eigenvalue weighted by molar-refractivity contribution is -0.115. The van der Waals surface area contributed by atoms with Gasteiger partial charge in [-0.1, -0.05) is 6.07 Å². The Balaban J connectivity index is 1.59. The van der Waals surface area contributed by atoms with Crippen LogP contribution in [-0.4, -0.2) is 15.9 Å². The van der Waals surface area contributed by atoms with Gasteiger partial charge >= 0.3 is 0 Å². The summed E-state index contributed by atoms with van der Waals surface area (Å²) in [6, 6.07) is 11.3. The molecule has 0 bridgehead atoms. The second-order valence-corrected chi connectivity index (χ2v) is 6.02. The summed E-state index contributed by atoms with van der Waals surface area (Å²) < 4.78 is 12.8. The number of nitrogens with one attached hydrogen (secondary N) is 2. The quantitative estimate of drug-likeness (QED) is 0.738. The van der Waals surface area contributed by atoms with Crippen LogP contribution in [0, 0.1) is 12.7 Å². The molecule has 2 N–H and O–H groups in total. The van der Waals surface area contributed by atoms with Gasteiger partial charge in [0.2, 0.25) is 5.91 Å². The van der Waals surface area contributed by atoms with Crippen molar-refractivity contribution in [1.29, 1.82) is 0 Å². The Morgan fingerprint density at radius 1 is 1.17 bits per heavy atom. The molecule has 5 nitrogen and oxygen atoms in total. The second-order valence-electron chi connectivity index (χ2n) is 5.17. The average molecular weight is 342 g/mol. The number of pyridine rings is 1. The molecule has 0 aliphatic rings. The van der Waals surface area contributed by atoms with Crippen molar-refractivity contribution >= 4 is 33.9 Å². The molecule has 0 aliphatic carbocycles. The van der Waals surface area contributed by atoms with Crippen LogP contribution in [0.2, 0.25) is 0 Å². The zero-order valence-corrected chi connectivity index (χ0v) is 13.7. The van der Waals surface area contributed by atoms with E-state index >= 15 is 0 Å². The van der Waals surface area contributed by atoms with Gasteiger partial charge in [0.1, 0.15) is 11.6 Å². The number of hydrogen-bond acceptors (Lipinski definition) is 5. The van der Waals surface area contributed by atoms with Crippen LogP contribution < -0.4 is 10.6 Å². The van der Waals surface area contributed by atoms with Gasteiger partial charge in [0, 0.05) is 16.8 Å². The molecule has 24 heavy (non-hydrogen) atoms. The second kappa shape index (κ2) is 7.18. The monoisotopic (exact) mass is 342 g/mol. The van der Waals surface area contributed by atoms with Crippen LogP contribution in [0.15, 0.2) is 47.8 Å². The molecule has 0 unspecified atom stereocenters. The summed E-state index contributed by atoms with van der Waals surface area (Å²) in [5, 5.41) is 8.33. The topological polar surface area (TPSA) is 66.9 Å².